The number of hydrogen-bond acceptors (Lipinski definition) is 5. The molecule has 1 heterocycles. The standard InChI is InChI=1S/C12H20N4O2/c1-16(2)6-8-18-7-5-15-12(17)10-3-4-14-9-11(10)13/h3-4,9H,5-8,13H2,1-2H3,(H,15,17). The Kier molecular flexibility index (Phi) is 6.10. The zero-order valence-electron chi connectivity index (χ0n) is 10.8. The molecular formula is C12H20N4O2. The molecule has 1 aromatic heterocycles. The summed E-state index contributed by atoms with van der Waals surface area (Å²) in [6.45, 7) is 2.48. The first kappa shape index (κ1) is 14.4. The molecule has 0 spiro atoms. The molecule has 6 heteroatoms. The number of nitrogens with zero attached hydrogens (tertiary/aromatic N) is 2. The van der Waals surface area contributed by atoms with Gasteiger partial charge in [-0.3, -0.25) is 9.78 Å². The van der Waals surface area contributed by atoms with E-state index in [4.69, 9.17) is 10.5 Å². The van der Waals surface area contributed by atoms with Gasteiger partial charge in [0.1, 0.15) is 0 Å². The van der Waals surface area contributed by atoms with Gasteiger partial charge >= 0.3 is 0 Å². The van der Waals surface area contributed by atoms with Crippen molar-refractivity contribution in [1.82, 2.24) is 15.2 Å². The maximum atomic E-state index is 11.7. The van der Waals surface area contributed by atoms with Gasteiger partial charge in [0.2, 0.25) is 0 Å². The number of amides is 1. The first-order chi connectivity index (χ1) is 8.61. The van der Waals surface area contributed by atoms with Gasteiger partial charge in [0.05, 0.1) is 30.7 Å². The summed E-state index contributed by atoms with van der Waals surface area (Å²) >= 11 is 0. The lowest BCUT2D eigenvalue weighted by atomic mass is 10.2. The average Bonchev–Trinajstić information content (AvgIpc) is 2.33. The van der Waals surface area contributed by atoms with Gasteiger partial charge in [-0.2, -0.15) is 0 Å². The van der Waals surface area contributed by atoms with Crippen LogP contribution in [-0.2, 0) is 4.74 Å². The third-order valence-corrected chi connectivity index (χ3v) is 2.31. The van der Waals surface area contributed by atoms with Gasteiger partial charge in [-0.25, -0.2) is 0 Å². The van der Waals surface area contributed by atoms with Crippen molar-refractivity contribution in [1.29, 1.82) is 0 Å². The number of ether oxygens (including phenoxy) is 1. The van der Waals surface area contributed by atoms with Gasteiger partial charge in [-0.15, -0.1) is 0 Å². The molecule has 0 bridgehead atoms. The number of anilines is 1. The maximum Gasteiger partial charge on any atom is 0.253 e. The molecule has 0 aromatic carbocycles. The highest BCUT2D eigenvalue weighted by atomic mass is 16.5. The smallest absolute Gasteiger partial charge is 0.253 e. The highest BCUT2D eigenvalue weighted by Gasteiger charge is 2.07. The Morgan fingerprint density at radius 2 is 2.28 bits per heavy atom. The molecule has 0 aliphatic heterocycles. The number of aromatic nitrogens is 1. The Morgan fingerprint density at radius 1 is 1.50 bits per heavy atom. The molecule has 6 nitrogen and oxygen atoms in total. The fourth-order valence-corrected chi connectivity index (χ4v) is 1.29. The molecule has 0 unspecified atom stereocenters. The van der Waals surface area contributed by atoms with E-state index in [2.05, 4.69) is 10.3 Å². The van der Waals surface area contributed by atoms with Crippen LogP contribution in [0.5, 0.6) is 0 Å². The summed E-state index contributed by atoms with van der Waals surface area (Å²) in [5.41, 5.74) is 6.47. The maximum absolute atomic E-state index is 11.7. The van der Waals surface area contributed by atoms with Crippen LogP contribution in [0.1, 0.15) is 10.4 Å². The number of nitrogens with one attached hydrogen (secondary N) is 1. The molecule has 0 atom stereocenters. The molecule has 1 rings (SSSR count). The summed E-state index contributed by atoms with van der Waals surface area (Å²) in [7, 11) is 3.97. The molecular weight excluding hydrogens is 232 g/mol. The predicted octanol–water partition coefficient (Wildman–Crippen LogP) is -0.0282. The highest BCUT2D eigenvalue weighted by molar-refractivity contribution is 5.98. The molecule has 1 amide bonds. The second-order valence-electron chi connectivity index (χ2n) is 4.13. The Labute approximate surface area is 107 Å². The Morgan fingerprint density at radius 3 is 2.94 bits per heavy atom. The number of carbonyl (C=O) groups excluding carboxylic acids is 1. The van der Waals surface area contributed by atoms with Crippen LogP contribution in [0.15, 0.2) is 18.5 Å². The molecule has 18 heavy (non-hydrogen) atoms. The lowest BCUT2D eigenvalue weighted by Gasteiger charge is -2.10. The fraction of sp³-hybridized carbons (Fsp3) is 0.500. The van der Waals surface area contributed by atoms with Gasteiger partial charge in [0.25, 0.3) is 5.91 Å². The first-order valence-corrected chi connectivity index (χ1v) is 5.81. The van der Waals surface area contributed by atoms with Gasteiger partial charge in [-0.05, 0) is 20.2 Å². The van der Waals surface area contributed by atoms with Crippen LogP contribution in [0.2, 0.25) is 0 Å². The summed E-state index contributed by atoms with van der Waals surface area (Å²) in [5.74, 6) is -0.203. The van der Waals surface area contributed by atoms with Crippen LogP contribution in [0.3, 0.4) is 0 Å². The monoisotopic (exact) mass is 252 g/mol. The van der Waals surface area contributed by atoms with Gasteiger partial charge in [0.15, 0.2) is 0 Å². The molecule has 100 valence electrons. The second-order valence-corrected chi connectivity index (χ2v) is 4.13. The van der Waals surface area contributed by atoms with E-state index in [0.717, 1.165) is 6.54 Å². The molecule has 0 fully saturated rings. The van der Waals surface area contributed by atoms with Crippen molar-refractivity contribution < 1.29 is 9.53 Å². The van der Waals surface area contributed by atoms with E-state index >= 15 is 0 Å². The molecule has 0 saturated carbocycles. The van der Waals surface area contributed by atoms with E-state index in [1.807, 2.05) is 19.0 Å². The van der Waals surface area contributed by atoms with Crippen LogP contribution in [-0.4, -0.2) is 56.2 Å². The summed E-state index contributed by atoms with van der Waals surface area (Å²) < 4.78 is 5.36. The summed E-state index contributed by atoms with van der Waals surface area (Å²) in [6, 6.07) is 1.59. The van der Waals surface area contributed by atoms with Crippen LogP contribution < -0.4 is 11.1 Å². The molecule has 3 N–H and O–H groups in total. The van der Waals surface area contributed by atoms with E-state index in [-0.39, 0.29) is 5.91 Å². The number of rotatable bonds is 7. The van der Waals surface area contributed by atoms with Crippen LogP contribution in [0.4, 0.5) is 5.69 Å². The average molecular weight is 252 g/mol. The third kappa shape index (κ3) is 5.11. The van der Waals surface area contributed by atoms with E-state index in [0.29, 0.717) is 31.0 Å². The number of hydrogen-bond donors (Lipinski definition) is 2. The Hall–Kier alpha value is -1.66. The van der Waals surface area contributed by atoms with Crippen LogP contribution in [0.25, 0.3) is 0 Å². The van der Waals surface area contributed by atoms with Crippen molar-refractivity contribution >= 4 is 11.6 Å². The van der Waals surface area contributed by atoms with Crippen molar-refractivity contribution in [2.75, 3.05) is 46.1 Å². The van der Waals surface area contributed by atoms with Gasteiger partial charge in [-0.1, -0.05) is 0 Å². The van der Waals surface area contributed by atoms with Crippen molar-refractivity contribution in [3.8, 4) is 0 Å². The van der Waals surface area contributed by atoms with Gasteiger partial charge in [0, 0.05) is 19.3 Å². The van der Waals surface area contributed by atoms with E-state index < -0.39 is 0 Å². The van der Waals surface area contributed by atoms with Crippen molar-refractivity contribution in [3.63, 3.8) is 0 Å². The normalized spacial score (nSPS) is 10.6. The minimum atomic E-state index is -0.203. The topological polar surface area (TPSA) is 80.5 Å². The number of pyridine rings is 1. The molecule has 0 aliphatic carbocycles. The van der Waals surface area contributed by atoms with Crippen molar-refractivity contribution in [2.24, 2.45) is 0 Å². The minimum absolute atomic E-state index is 0.203. The largest absolute Gasteiger partial charge is 0.397 e. The number of nitrogen functional groups attached to an aromatic ring is 1. The Balaban J connectivity index is 2.20. The zero-order chi connectivity index (χ0) is 13.4. The SMILES string of the molecule is CN(C)CCOCCNC(=O)c1ccncc1N. The highest BCUT2D eigenvalue weighted by Crippen LogP contribution is 2.07. The minimum Gasteiger partial charge on any atom is -0.397 e. The van der Waals surface area contributed by atoms with Crippen LogP contribution in [0, 0.1) is 0 Å². The zero-order valence-corrected chi connectivity index (χ0v) is 10.8. The first-order valence-electron chi connectivity index (χ1n) is 5.81. The van der Waals surface area contributed by atoms with E-state index in [1.165, 1.54) is 6.20 Å². The van der Waals surface area contributed by atoms with Gasteiger partial charge < -0.3 is 20.7 Å². The fourth-order valence-electron chi connectivity index (χ4n) is 1.29. The molecule has 0 radical (unpaired) electrons. The molecule has 0 aliphatic rings. The number of carbonyl (C=O) groups is 1. The Bertz CT molecular complexity index is 382. The predicted molar refractivity (Wildman–Crippen MR) is 70.4 cm³/mol. The molecule has 0 saturated heterocycles. The van der Waals surface area contributed by atoms with E-state index in [1.54, 1.807) is 12.3 Å². The molecule has 1 aromatic rings. The summed E-state index contributed by atoms with van der Waals surface area (Å²) in [5, 5.41) is 2.74. The summed E-state index contributed by atoms with van der Waals surface area (Å²) in [6.07, 6.45) is 3.00. The lowest BCUT2D eigenvalue weighted by Crippen LogP contribution is -2.29. The second kappa shape index (κ2) is 7.62. The quantitative estimate of drug-likeness (QED) is 0.666. The third-order valence-electron chi connectivity index (χ3n) is 2.31. The summed E-state index contributed by atoms with van der Waals surface area (Å²) in [4.78, 5) is 17.6. The van der Waals surface area contributed by atoms with Crippen LogP contribution >= 0.6 is 0 Å². The number of nitrogens with two attached hydrogens (primary N) is 1. The van der Waals surface area contributed by atoms with Crippen molar-refractivity contribution in [3.05, 3.63) is 24.0 Å². The van der Waals surface area contributed by atoms with E-state index in [9.17, 15) is 4.79 Å². The lowest BCUT2D eigenvalue weighted by molar-refractivity contribution is 0.0901. The number of likely N-dealkylation sites (N-methyl/N-ethyl adjacent to an activating group) is 1. The van der Waals surface area contributed by atoms with Crippen molar-refractivity contribution in [2.45, 2.75) is 0 Å².